The molecule has 0 bridgehead atoms. The zero-order chi connectivity index (χ0) is 26.3. The first-order valence-corrected chi connectivity index (χ1v) is 12.1. The number of nitrogens with zero attached hydrogens (tertiary/aromatic N) is 1. The molecule has 1 aliphatic rings. The van der Waals surface area contributed by atoms with E-state index in [1.165, 1.54) is 17.9 Å². The van der Waals surface area contributed by atoms with Crippen molar-refractivity contribution in [3.8, 4) is 0 Å². The Morgan fingerprint density at radius 2 is 1.71 bits per heavy atom. The summed E-state index contributed by atoms with van der Waals surface area (Å²) in [6, 6.07) is 8.59. The molecule has 1 N–H and O–H groups in total. The van der Waals surface area contributed by atoms with Crippen LogP contribution in [0.25, 0.3) is 0 Å². The Hall–Kier alpha value is -2.93. The average Bonchev–Trinajstić information content (AvgIpc) is 2.82. The van der Waals surface area contributed by atoms with E-state index in [0.717, 1.165) is 5.56 Å². The highest BCUT2D eigenvalue weighted by Crippen LogP contribution is 2.27. The molecule has 1 heterocycles. The van der Waals surface area contributed by atoms with Gasteiger partial charge in [0.2, 0.25) is 5.91 Å². The van der Waals surface area contributed by atoms with Crippen molar-refractivity contribution in [3.05, 3.63) is 59.7 Å². The number of carbonyl (C=O) groups excluding carboxylic acids is 3. The maximum absolute atomic E-state index is 13.3. The standard InChI is InChI=1S/C28H39NO6/c1-17-13-14-25(31)29(7)24(16-23-11-9-8-10-12-23)28(33)34-21(5)20(4)27(35-22(6)30)19(3)15-18(2)26(17)32/h8-15,17,19-21,24,26-27,32H,16H2,1-7H3/b14-13+,18-15-/t17-,19-,20-,21-,24-,26+,27+/m0/s1. The van der Waals surface area contributed by atoms with Gasteiger partial charge < -0.3 is 19.5 Å². The lowest BCUT2D eigenvalue weighted by atomic mass is 9.86. The van der Waals surface area contributed by atoms with Crippen molar-refractivity contribution in [2.75, 3.05) is 7.05 Å². The van der Waals surface area contributed by atoms with Gasteiger partial charge in [-0.2, -0.15) is 0 Å². The summed E-state index contributed by atoms with van der Waals surface area (Å²) in [5.41, 5.74) is 1.60. The molecule has 192 valence electrons. The van der Waals surface area contributed by atoms with Crippen molar-refractivity contribution in [1.29, 1.82) is 0 Å². The van der Waals surface area contributed by atoms with Crippen LogP contribution in [-0.4, -0.2) is 59.3 Å². The lowest BCUT2D eigenvalue weighted by molar-refractivity contribution is -0.165. The molecule has 1 aromatic carbocycles. The molecule has 7 nitrogen and oxygen atoms in total. The minimum atomic E-state index is -0.848. The Bertz CT molecular complexity index is 940. The molecule has 0 aliphatic carbocycles. The van der Waals surface area contributed by atoms with Crippen LogP contribution in [0.3, 0.4) is 0 Å². The quantitative estimate of drug-likeness (QED) is 0.518. The SMILES string of the molecule is CC(=O)O[C@H]1[C@@H](C)[C@H](C)OC(=O)[C@H](Cc2ccccc2)N(C)C(=O)/C=C/[C@H](C)[C@@H](O)/C(C)=C\[C@@H]1C. The number of esters is 2. The van der Waals surface area contributed by atoms with Crippen LogP contribution in [0.2, 0.25) is 0 Å². The zero-order valence-electron chi connectivity index (χ0n) is 21.8. The lowest BCUT2D eigenvalue weighted by Gasteiger charge is -2.33. The molecular formula is C28H39NO6. The normalized spacial score (nSPS) is 33.5. The third kappa shape index (κ3) is 7.79. The number of amides is 1. The molecule has 0 unspecified atom stereocenters. The van der Waals surface area contributed by atoms with E-state index in [4.69, 9.17) is 9.47 Å². The average molecular weight is 486 g/mol. The van der Waals surface area contributed by atoms with Crippen molar-refractivity contribution in [2.24, 2.45) is 17.8 Å². The van der Waals surface area contributed by atoms with Crippen LogP contribution in [0, 0.1) is 17.8 Å². The predicted molar refractivity (Wildman–Crippen MR) is 134 cm³/mol. The van der Waals surface area contributed by atoms with Gasteiger partial charge in [-0.15, -0.1) is 0 Å². The largest absolute Gasteiger partial charge is 0.462 e. The van der Waals surface area contributed by atoms with Crippen LogP contribution in [0.5, 0.6) is 0 Å². The van der Waals surface area contributed by atoms with E-state index in [2.05, 4.69) is 0 Å². The number of carbonyl (C=O) groups is 3. The van der Waals surface area contributed by atoms with Crippen molar-refractivity contribution >= 4 is 17.8 Å². The molecule has 1 amide bonds. The van der Waals surface area contributed by atoms with Gasteiger partial charge in [0.05, 0.1) is 6.10 Å². The molecule has 0 saturated carbocycles. The van der Waals surface area contributed by atoms with E-state index >= 15 is 0 Å². The first kappa shape index (κ1) is 28.3. The number of ether oxygens (including phenoxy) is 2. The minimum Gasteiger partial charge on any atom is -0.462 e. The number of likely N-dealkylation sites (N-methyl/N-ethyl adjacent to an activating group) is 1. The summed E-state index contributed by atoms with van der Waals surface area (Å²) in [7, 11) is 1.57. The van der Waals surface area contributed by atoms with Crippen LogP contribution in [0.4, 0.5) is 0 Å². The summed E-state index contributed by atoms with van der Waals surface area (Å²) >= 11 is 0. The molecule has 7 heteroatoms. The van der Waals surface area contributed by atoms with Gasteiger partial charge in [0.25, 0.3) is 0 Å². The van der Waals surface area contributed by atoms with Crippen molar-refractivity contribution in [3.63, 3.8) is 0 Å². The first-order valence-electron chi connectivity index (χ1n) is 12.1. The van der Waals surface area contributed by atoms with E-state index in [9.17, 15) is 19.5 Å². The van der Waals surface area contributed by atoms with Gasteiger partial charge in [-0.3, -0.25) is 9.59 Å². The maximum atomic E-state index is 13.3. The van der Waals surface area contributed by atoms with E-state index in [1.54, 1.807) is 20.0 Å². The Labute approximate surface area is 208 Å². The Kier molecular flexibility index (Phi) is 10.3. The summed E-state index contributed by atoms with van der Waals surface area (Å²) < 4.78 is 11.5. The third-order valence-electron chi connectivity index (χ3n) is 6.77. The van der Waals surface area contributed by atoms with Crippen LogP contribution in [0.15, 0.2) is 54.1 Å². The van der Waals surface area contributed by atoms with Gasteiger partial charge >= 0.3 is 11.9 Å². The maximum Gasteiger partial charge on any atom is 0.329 e. The number of hydrogen-bond acceptors (Lipinski definition) is 6. The number of aliphatic hydroxyl groups is 1. The van der Waals surface area contributed by atoms with Gasteiger partial charge in [0.1, 0.15) is 18.2 Å². The second-order valence-electron chi connectivity index (χ2n) is 9.66. The lowest BCUT2D eigenvalue weighted by Crippen LogP contribution is -2.46. The summed E-state index contributed by atoms with van der Waals surface area (Å²) in [4.78, 5) is 39.6. The van der Waals surface area contributed by atoms with Gasteiger partial charge in [0, 0.05) is 38.1 Å². The summed E-state index contributed by atoms with van der Waals surface area (Å²) in [6.45, 7) is 10.5. The predicted octanol–water partition coefficient (Wildman–Crippen LogP) is 3.70. The first-order chi connectivity index (χ1) is 16.4. The van der Waals surface area contributed by atoms with Crippen molar-refractivity contribution in [1.82, 2.24) is 4.90 Å². The van der Waals surface area contributed by atoms with E-state index in [-0.39, 0.29) is 23.7 Å². The molecule has 0 saturated heterocycles. The number of hydrogen-bond donors (Lipinski definition) is 1. The van der Waals surface area contributed by atoms with Crippen molar-refractivity contribution < 1.29 is 29.0 Å². The molecule has 35 heavy (non-hydrogen) atoms. The number of benzene rings is 1. The fourth-order valence-corrected chi connectivity index (χ4v) is 4.37. The van der Waals surface area contributed by atoms with Gasteiger partial charge in [-0.1, -0.05) is 63.3 Å². The van der Waals surface area contributed by atoms with Gasteiger partial charge in [-0.25, -0.2) is 4.79 Å². The molecule has 0 fully saturated rings. The molecule has 1 aromatic rings. The monoisotopic (exact) mass is 485 g/mol. The fourth-order valence-electron chi connectivity index (χ4n) is 4.37. The van der Waals surface area contributed by atoms with Gasteiger partial charge in [0.15, 0.2) is 0 Å². The molecule has 2 rings (SSSR count). The third-order valence-corrected chi connectivity index (χ3v) is 6.77. The van der Waals surface area contributed by atoms with Crippen LogP contribution in [-0.2, 0) is 30.3 Å². The molecule has 1 aliphatic heterocycles. The minimum absolute atomic E-state index is 0.240. The molecular weight excluding hydrogens is 446 g/mol. The highest BCUT2D eigenvalue weighted by molar-refractivity contribution is 5.91. The zero-order valence-corrected chi connectivity index (χ0v) is 21.8. The number of rotatable bonds is 3. The van der Waals surface area contributed by atoms with Crippen LogP contribution in [0.1, 0.15) is 47.1 Å². The fraction of sp³-hybridized carbons (Fsp3) is 0.536. The molecule has 0 aromatic heterocycles. The van der Waals surface area contributed by atoms with E-state index in [1.807, 2.05) is 64.1 Å². The van der Waals surface area contributed by atoms with Crippen LogP contribution >= 0.6 is 0 Å². The summed E-state index contributed by atoms with van der Waals surface area (Å²) in [5, 5.41) is 10.8. The van der Waals surface area contributed by atoms with Crippen LogP contribution < -0.4 is 0 Å². The molecule has 0 spiro atoms. The molecule has 0 radical (unpaired) electrons. The smallest absolute Gasteiger partial charge is 0.329 e. The summed E-state index contributed by atoms with van der Waals surface area (Å²) in [6.07, 6.45) is 3.22. The molecule has 7 atom stereocenters. The Morgan fingerprint density at radius 3 is 2.31 bits per heavy atom. The van der Waals surface area contributed by atoms with E-state index in [0.29, 0.717) is 12.0 Å². The second kappa shape index (κ2) is 12.7. The highest BCUT2D eigenvalue weighted by Gasteiger charge is 2.35. The highest BCUT2D eigenvalue weighted by atomic mass is 16.6. The Morgan fingerprint density at radius 1 is 1.09 bits per heavy atom. The Balaban J connectivity index is 2.49. The van der Waals surface area contributed by atoms with E-state index < -0.39 is 36.3 Å². The number of cyclic esters (lactones) is 1. The topological polar surface area (TPSA) is 93.1 Å². The number of aliphatic hydroxyl groups excluding tert-OH is 1. The van der Waals surface area contributed by atoms with Crippen molar-refractivity contribution in [2.45, 2.75) is 72.3 Å². The van der Waals surface area contributed by atoms with Gasteiger partial charge in [-0.05, 0) is 31.1 Å². The summed E-state index contributed by atoms with van der Waals surface area (Å²) in [5.74, 6) is -2.23. The second-order valence-corrected chi connectivity index (χ2v) is 9.66.